The van der Waals surface area contributed by atoms with E-state index in [0.717, 1.165) is 23.2 Å². The third-order valence-electron chi connectivity index (χ3n) is 2.61. The van der Waals surface area contributed by atoms with Crippen molar-refractivity contribution in [1.82, 2.24) is 19.7 Å². The quantitative estimate of drug-likeness (QED) is 0.765. The van der Waals surface area contributed by atoms with Gasteiger partial charge in [0.25, 0.3) is 5.95 Å². The highest BCUT2D eigenvalue weighted by molar-refractivity contribution is 7.90. The monoisotopic (exact) mass is 350 g/mol. The number of sulfone groups is 1. The Kier molecular flexibility index (Phi) is 4.59. The van der Waals surface area contributed by atoms with Crippen molar-refractivity contribution >= 4 is 9.84 Å². The van der Waals surface area contributed by atoms with Gasteiger partial charge in [-0.2, -0.15) is 27.9 Å². The standard InChI is InChI=1S/C12H13F3N4O3S/c1-3-6-22-10-7-8(12(13,14)15)18-19(10)11-16-5-4-9(17-11)23(2,20)21/h4-5,7H,3,6H2,1-2H3. The van der Waals surface area contributed by atoms with Gasteiger partial charge < -0.3 is 4.74 Å². The number of aromatic nitrogens is 4. The third-order valence-corrected chi connectivity index (χ3v) is 3.60. The topological polar surface area (TPSA) is 87.0 Å². The Morgan fingerprint density at radius 2 is 2.04 bits per heavy atom. The van der Waals surface area contributed by atoms with Gasteiger partial charge >= 0.3 is 6.18 Å². The minimum absolute atomic E-state index is 0.161. The summed E-state index contributed by atoms with van der Waals surface area (Å²) in [5.74, 6) is -0.542. The predicted molar refractivity (Wildman–Crippen MR) is 73.1 cm³/mol. The average molecular weight is 350 g/mol. The van der Waals surface area contributed by atoms with Crippen molar-refractivity contribution in [3.8, 4) is 11.8 Å². The molecule has 0 radical (unpaired) electrons. The fraction of sp³-hybridized carbons (Fsp3) is 0.417. The highest BCUT2D eigenvalue weighted by atomic mass is 32.2. The molecule has 2 aromatic rings. The van der Waals surface area contributed by atoms with Crippen molar-refractivity contribution in [1.29, 1.82) is 0 Å². The first-order valence-corrected chi connectivity index (χ1v) is 8.35. The summed E-state index contributed by atoms with van der Waals surface area (Å²) in [6, 6.07) is 1.85. The SMILES string of the molecule is CCCOc1cc(C(F)(F)F)nn1-c1nccc(S(C)(=O)=O)n1. The molecule has 0 bridgehead atoms. The molecular weight excluding hydrogens is 337 g/mol. The normalized spacial score (nSPS) is 12.4. The van der Waals surface area contributed by atoms with Gasteiger partial charge in [-0.05, 0) is 12.5 Å². The van der Waals surface area contributed by atoms with E-state index < -0.39 is 21.7 Å². The zero-order valence-electron chi connectivity index (χ0n) is 12.2. The maximum Gasteiger partial charge on any atom is 0.435 e. The number of hydrogen-bond donors (Lipinski definition) is 0. The molecule has 0 fully saturated rings. The first-order valence-electron chi connectivity index (χ1n) is 6.46. The Morgan fingerprint density at radius 1 is 1.35 bits per heavy atom. The number of rotatable bonds is 5. The van der Waals surface area contributed by atoms with Crippen molar-refractivity contribution in [3.05, 3.63) is 24.0 Å². The number of ether oxygens (including phenoxy) is 1. The van der Waals surface area contributed by atoms with E-state index in [1.54, 1.807) is 6.92 Å². The first-order chi connectivity index (χ1) is 10.6. The molecule has 0 unspecified atom stereocenters. The second-order valence-electron chi connectivity index (χ2n) is 4.59. The highest BCUT2D eigenvalue weighted by Gasteiger charge is 2.36. The maximum absolute atomic E-state index is 12.8. The first kappa shape index (κ1) is 17.2. The van der Waals surface area contributed by atoms with Crippen LogP contribution >= 0.6 is 0 Å². The van der Waals surface area contributed by atoms with Crippen molar-refractivity contribution in [2.75, 3.05) is 12.9 Å². The minimum Gasteiger partial charge on any atom is -0.478 e. The molecule has 2 heterocycles. The van der Waals surface area contributed by atoms with Gasteiger partial charge in [-0.15, -0.1) is 0 Å². The Hall–Kier alpha value is -2.17. The van der Waals surface area contributed by atoms with Gasteiger partial charge in [-0.3, -0.25) is 0 Å². The number of hydrogen-bond acceptors (Lipinski definition) is 6. The van der Waals surface area contributed by atoms with Crippen LogP contribution in [-0.2, 0) is 16.0 Å². The lowest BCUT2D eigenvalue weighted by atomic mass is 10.4. The summed E-state index contributed by atoms with van der Waals surface area (Å²) in [5.41, 5.74) is -1.18. The maximum atomic E-state index is 12.8. The van der Waals surface area contributed by atoms with Crippen LogP contribution in [0.15, 0.2) is 23.4 Å². The summed E-state index contributed by atoms with van der Waals surface area (Å²) in [6.45, 7) is 1.95. The Balaban J connectivity index is 2.55. The molecule has 0 atom stereocenters. The van der Waals surface area contributed by atoms with E-state index in [4.69, 9.17) is 4.74 Å². The largest absolute Gasteiger partial charge is 0.478 e. The predicted octanol–water partition coefficient (Wildman–Crippen LogP) is 1.87. The van der Waals surface area contributed by atoms with Crippen molar-refractivity contribution in [2.24, 2.45) is 0 Å². The van der Waals surface area contributed by atoms with E-state index in [-0.39, 0.29) is 23.5 Å². The van der Waals surface area contributed by atoms with Crippen LogP contribution < -0.4 is 4.74 Å². The van der Waals surface area contributed by atoms with Gasteiger partial charge in [0.05, 0.1) is 6.61 Å². The van der Waals surface area contributed by atoms with Gasteiger partial charge in [-0.25, -0.2) is 13.4 Å². The summed E-state index contributed by atoms with van der Waals surface area (Å²) in [5, 5.41) is 3.05. The molecule has 0 aliphatic carbocycles. The van der Waals surface area contributed by atoms with E-state index in [9.17, 15) is 21.6 Å². The van der Waals surface area contributed by atoms with E-state index in [1.165, 1.54) is 0 Å². The highest BCUT2D eigenvalue weighted by Crippen LogP contribution is 2.31. The lowest BCUT2D eigenvalue weighted by Gasteiger charge is -2.07. The molecule has 2 rings (SSSR count). The fourth-order valence-electron chi connectivity index (χ4n) is 1.60. The molecule has 0 saturated carbocycles. The molecular formula is C12H13F3N4O3S. The van der Waals surface area contributed by atoms with E-state index in [2.05, 4.69) is 15.1 Å². The molecule has 0 N–H and O–H groups in total. The van der Waals surface area contributed by atoms with Crippen LogP contribution in [0.3, 0.4) is 0 Å². The zero-order valence-corrected chi connectivity index (χ0v) is 13.0. The molecule has 0 aliphatic rings. The van der Waals surface area contributed by atoms with Gasteiger partial charge in [0.15, 0.2) is 20.6 Å². The Bertz CT molecular complexity index is 802. The third kappa shape index (κ3) is 3.97. The average Bonchev–Trinajstić information content (AvgIpc) is 2.88. The summed E-state index contributed by atoms with van der Waals surface area (Å²) in [4.78, 5) is 7.50. The number of alkyl halides is 3. The van der Waals surface area contributed by atoms with Crippen molar-refractivity contribution < 1.29 is 26.3 Å². The van der Waals surface area contributed by atoms with Crippen LogP contribution in [0.1, 0.15) is 19.0 Å². The molecule has 0 aromatic carbocycles. The van der Waals surface area contributed by atoms with Crippen LogP contribution in [-0.4, -0.2) is 41.0 Å². The summed E-state index contributed by atoms with van der Waals surface area (Å²) in [7, 11) is -3.64. The molecule has 0 saturated heterocycles. The van der Waals surface area contributed by atoms with E-state index in [0.29, 0.717) is 12.5 Å². The summed E-state index contributed by atoms with van der Waals surface area (Å²) >= 11 is 0. The van der Waals surface area contributed by atoms with E-state index >= 15 is 0 Å². The molecule has 126 valence electrons. The molecule has 0 amide bonds. The molecule has 0 spiro atoms. The molecule has 23 heavy (non-hydrogen) atoms. The van der Waals surface area contributed by atoms with Gasteiger partial charge in [-0.1, -0.05) is 6.92 Å². The molecule has 7 nitrogen and oxygen atoms in total. The second kappa shape index (κ2) is 6.14. The lowest BCUT2D eigenvalue weighted by molar-refractivity contribution is -0.141. The Labute approximate surface area is 130 Å². The molecule has 2 aromatic heterocycles. The van der Waals surface area contributed by atoms with Gasteiger partial charge in [0, 0.05) is 18.5 Å². The smallest absolute Gasteiger partial charge is 0.435 e. The van der Waals surface area contributed by atoms with Crippen LogP contribution in [0.4, 0.5) is 13.2 Å². The lowest BCUT2D eigenvalue weighted by Crippen LogP contribution is -2.11. The summed E-state index contributed by atoms with van der Waals surface area (Å²) in [6.07, 6.45) is -2.06. The van der Waals surface area contributed by atoms with Crippen LogP contribution in [0.25, 0.3) is 5.95 Å². The van der Waals surface area contributed by atoms with Crippen molar-refractivity contribution in [3.63, 3.8) is 0 Å². The number of halogens is 3. The van der Waals surface area contributed by atoms with Crippen LogP contribution in [0.5, 0.6) is 5.88 Å². The van der Waals surface area contributed by atoms with E-state index in [1.807, 2.05) is 0 Å². The number of nitrogens with zero attached hydrogens (tertiary/aromatic N) is 4. The Morgan fingerprint density at radius 3 is 2.61 bits per heavy atom. The minimum atomic E-state index is -4.68. The van der Waals surface area contributed by atoms with Crippen LogP contribution in [0, 0.1) is 0 Å². The summed E-state index contributed by atoms with van der Waals surface area (Å²) < 4.78 is 67.4. The second-order valence-corrected chi connectivity index (χ2v) is 6.56. The molecule has 0 aliphatic heterocycles. The zero-order chi connectivity index (χ0) is 17.3. The molecule has 11 heteroatoms. The van der Waals surface area contributed by atoms with Gasteiger partial charge in [0.2, 0.25) is 5.88 Å². The van der Waals surface area contributed by atoms with Crippen LogP contribution in [0.2, 0.25) is 0 Å². The van der Waals surface area contributed by atoms with Crippen molar-refractivity contribution in [2.45, 2.75) is 24.5 Å². The van der Waals surface area contributed by atoms with Gasteiger partial charge in [0.1, 0.15) is 0 Å². The fourth-order valence-corrected chi connectivity index (χ4v) is 2.15.